The van der Waals surface area contributed by atoms with Crippen molar-refractivity contribution in [3.63, 3.8) is 0 Å². The fourth-order valence-electron chi connectivity index (χ4n) is 3.00. The van der Waals surface area contributed by atoms with Crippen molar-refractivity contribution in [1.29, 1.82) is 0 Å². The number of thiophene rings is 1. The minimum atomic E-state index is -0.246. The van der Waals surface area contributed by atoms with Crippen molar-refractivity contribution in [1.82, 2.24) is 9.88 Å². The Morgan fingerprint density at radius 2 is 2.18 bits per heavy atom. The largest absolute Gasteiger partial charge is 0.465 e. The fourth-order valence-corrected chi connectivity index (χ4v) is 3.97. The fraction of sp³-hybridized carbons (Fsp3) is 0.412. The van der Waals surface area contributed by atoms with Crippen molar-refractivity contribution in [2.45, 2.75) is 25.3 Å². The molecule has 0 unspecified atom stereocenters. The monoisotopic (exact) mass is 316 g/mol. The number of hydrogen-bond acceptors (Lipinski definition) is 5. The molecule has 2 aromatic rings. The summed E-state index contributed by atoms with van der Waals surface area (Å²) >= 11 is 1.53. The Kier molecular flexibility index (Phi) is 4.85. The second-order valence-electron chi connectivity index (χ2n) is 5.61. The van der Waals surface area contributed by atoms with Crippen LogP contribution in [0.15, 0.2) is 36.7 Å². The van der Waals surface area contributed by atoms with Gasteiger partial charge in [-0.05, 0) is 55.1 Å². The molecule has 0 aliphatic carbocycles. The summed E-state index contributed by atoms with van der Waals surface area (Å²) in [6, 6.07) is 8.13. The normalized spacial score (nSPS) is 19.0. The zero-order chi connectivity index (χ0) is 15.4. The van der Waals surface area contributed by atoms with Gasteiger partial charge in [0, 0.05) is 30.4 Å². The van der Waals surface area contributed by atoms with Gasteiger partial charge >= 0.3 is 5.97 Å². The number of pyridine rings is 1. The Hall–Kier alpha value is -1.72. The van der Waals surface area contributed by atoms with Crippen LogP contribution in [-0.4, -0.2) is 36.1 Å². The lowest BCUT2D eigenvalue weighted by atomic mass is 9.91. The Bertz CT molecular complexity index is 627. The molecular formula is C17H20N2O2S. The molecule has 0 radical (unpaired) electrons. The van der Waals surface area contributed by atoms with Gasteiger partial charge in [0.1, 0.15) is 4.88 Å². The molecule has 1 aliphatic heterocycles. The van der Waals surface area contributed by atoms with Gasteiger partial charge in [-0.2, -0.15) is 0 Å². The number of carbonyl (C=O) groups excluding carboxylic acids is 1. The third kappa shape index (κ3) is 3.54. The van der Waals surface area contributed by atoms with Crippen LogP contribution in [0, 0.1) is 0 Å². The van der Waals surface area contributed by atoms with Gasteiger partial charge in [0.25, 0.3) is 0 Å². The SMILES string of the molecule is COC(=O)c1ccc(CN2CCC[C@H](c3ccncc3)C2)s1. The molecule has 1 saturated heterocycles. The van der Waals surface area contributed by atoms with Crippen LogP contribution < -0.4 is 0 Å². The first-order chi connectivity index (χ1) is 10.8. The molecule has 3 rings (SSSR count). The van der Waals surface area contributed by atoms with Crippen LogP contribution in [0.1, 0.15) is 38.9 Å². The van der Waals surface area contributed by atoms with Crippen molar-refractivity contribution in [2.24, 2.45) is 0 Å². The first-order valence-corrected chi connectivity index (χ1v) is 8.37. The summed E-state index contributed by atoms with van der Waals surface area (Å²) < 4.78 is 4.77. The highest BCUT2D eigenvalue weighted by molar-refractivity contribution is 7.13. The predicted molar refractivity (Wildman–Crippen MR) is 87.1 cm³/mol. The number of piperidine rings is 1. The number of likely N-dealkylation sites (tertiary alicyclic amines) is 1. The average molecular weight is 316 g/mol. The van der Waals surface area contributed by atoms with E-state index in [1.807, 2.05) is 24.5 Å². The van der Waals surface area contributed by atoms with E-state index in [-0.39, 0.29) is 5.97 Å². The van der Waals surface area contributed by atoms with E-state index in [0.717, 1.165) is 19.6 Å². The van der Waals surface area contributed by atoms with Crippen molar-refractivity contribution in [3.8, 4) is 0 Å². The Morgan fingerprint density at radius 3 is 2.95 bits per heavy atom. The summed E-state index contributed by atoms with van der Waals surface area (Å²) in [5.74, 6) is 0.335. The number of aromatic nitrogens is 1. The quantitative estimate of drug-likeness (QED) is 0.812. The van der Waals surface area contributed by atoms with E-state index >= 15 is 0 Å². The van der Waals surface area contributed by atoms with Gasteiger partial charge in [-0.15, -0.1) is 11.3 Å². The molecule has 1 atom stereocenters. The molecule has 0 spiro atoms. The Balaban J connectivity index is 1.63. The number of carbonyl (C=O) groups is 1. The van der Waals surface area contributed by atoms with Crippen molar-refractivity contribution in [2.75, 3.05) is 20.2 Å². The third-order valence-corrected chi connectivity index (χ3v) is 5.16. The van der Waals surface area contributed by atoms with Gasteiger partial charge in [-0.25, -0.2) is 4.79 Å². The number of hydrogen-bond donors (Lipinski definition) is 0. The molecule has 22 heavy (non-hydrogen) atoms. The van der Waals surface area contributed by atoms with Crippen LogP contribution in [0.25, 0.3) is 0 Å². The molecule has 2 aromatic heterocycles. The van der Waals surface area contributed by atoms with Crippen molar-refractivity contribution >= 4 is 17.3 Å². The maximum Gasteiger partial charge on any atom is 0.348 e. The van der Waals surface area contributed by atoms with E-state index in [1.165, 1.54) is 41.7 Å². The first kappa shape index (κ1) is 15.2. The summed E-state index contributed by atoms with van der Waals surface area (Å²) in [5, 5.41) is 0. The highest BCUT2D eigenvalue weighted by atomic mass is 32.1. The third-order valence-electron chi connectivity index (χ3n) is 4.11. The molecule has 1 fully saturated rings. The van der Waals surface area contributed by atoms with Gasteiger partial charge in [-0.3, -0.25) is 9.88 Å². The maximum atomic E-state index is 11.5. The van der Waals surface area contributed by atoms with E-state index in [4.69, 9.17) is 4.74 Å². The van der Waals surface area contributed by atoms with Crippen LogP contribution in [0.4, 0.5) is 0 Å². The molecule has 3 heterocycles. The van der Waals surface area contributed by atoms with Crippen molar-refractivity contribution in [3.05, 3.63) is 52.0 Å². The average Bonchev–Trinajstić information content (AvgIpc) is 3.04. The lowest BCUT2D eigenvalue weighted by molar-refractivity contribution is 0.0606. The molecule has 0 saturated carbocycles. The van der Waals surface area contributed by atoms with Gasteiger partial charge < -0.3 is 4.74 Å². The molecule has 0 amide bonds. The second kappa shape index (κ2) is 7.03. The smallest absolute Gasteiger partial charge is 0.348 e. The van der Waals surface area contributed by atoms with Crippen LogP contribution in [-0.2, 0) is 11.3 Å². The summed E-state index contributed by atoms with van der Waals surface area (Å²) in [6.45, 7) is 3.09. The number of ether oxygens (including phenoxy) is 1. The summed E-state index contributed by atoms with van der Waals surface area (Å²) in [7, 11) is 1.42. The van der Waals surface area contributed by atoms with Gasteiger partial charge in [0.05, 0.1) is 7.11 Å². The van der Waals surface area contributed by atoms with E-state index < -0.39 is 0 Å². The van der Waals surface area contributed by atoms with Crippen LogP contribution >= 0.6 is 11.3 Å². The lowest BCUT2D eigenvalue weighted by Gasteiger charge is -2.32. The standard InChI is InChI=1S/C17H20N2O2S/c1-21-17(20)16-5-4-15(22-16)12-19-10-2-3-14(11-19)13-6-8-18-9-7-13/h4-9,14H,2-3,10-12H2,1H3/t14-/m0/s1. The Morgan fingerprint density at radius 1 is 1.36 bits per heavy atom. The lowest BCUT2D eigenvalue weighted by Crippen LogP contribution is -2.33. The maximum absolute atomic E-state index is 11.5. The van der Waals surface area contributed by atoms with Crippen LogP contribution in [0.2, 0.25) is 0 Å². The predicted octanol–water partition coefficient (Wildman–Crippen LogP) is 3.31. The minimum absolute atomic E-state index is 0.246. The van der Waals surface area contributed by atoms with Gasteiger partial charge in [-0.1, -0.05) is 0 Å². The van der Waals surface area contributed by atoms with Crippen LogP contribution in [0.5, 0.6) is 0 Å². The molecule has 116 valence electrons. The van der Waals surface area contributed by atoms with Crippen LogP contribution in [0.3, 0.4) is 0 Å². The zero-order valence-corrected chi connectivity index (χ0v) is 13.5. The number of esters is 1. The highest BCUT2D eigenvalue weighted by Crippen LogP contribution is 2.28. The van der Waals surface area contributed by atoms with Gasteiger partial charge in [0.15, 0.2) is 0 Å². The van der Waals surface area contributed by atoms with E-state index in [0.29, 0.717) is 10.8 Å². The molecule has 1 aliphatic rings. The first-order valence-electron chi connectivity index (χ1n) is 7.55. The molecule has 0 N–H and O–H groups in total. The molecular weight excluding hydrogens is 296 g/mol. The highest BCUT2D eigenvalue weighted by Gasteiger charge is 2.22. The summed E-state index contributed by atoms with van der Waals surface area (Å²) in [6.07, 6.45) is 6.19. The molecule has 0 aromatic carbocycles. The molecule has 4 nitrogen and oxygen atoms in total. The zero-order valence-electron chi connectivity index (χ0n) is 12.7. The summed E-state index contributed by atoms with van der Waals surface area (Å²) in [5.41, 5.74) is 1.38. The van der Waals surface area contributed by atoms with Crippen molar-refractivity contribution < 1.29 is 9.53 Å². The topological polar surface area (TPSA) is 42.4 Å². The van der Waals surface area contributed by atoms with Gasteiger partial charge in [0.2, 0.25) is 0 Å². The van der Waals surface area contributed by atoms with E-state index in [9.17, 15) is 4.79 Å². The molecule has 5 heteroatoms. The number of methoxy groups -OCH3 is 1. The van der Waals surface area contributed by atoms with E-state index in [2.05, 4.69) is 22.0 Å². The van der Waals surface area contributed by atoms with E-state index in [1.54, 1.807) is 0 Å². The summed E-state index contributed by atoms with van der Waals surface area (Å²) in [4.78, 5) is 20.0. The number of nitrogens with zero attached hydrogens (tertiary/aromatic N) is 2. The Labute approximate surface area is 134 Å². The number of rotatable bonds is 4. The molecule has 0 bridgehead atoms. The minimum Gasteiger partial charge on any atom is -0.465 e. The second-order valence-corrected chi connectivity index (χ2v) is 6.78.